The van der Waals surface area contributed by atoms with Gasteiger partial charge in [0.05, 0.1) is 29.3 Å². The highest BCUT2D eigenvalue weighted by molar-refractivity contribution is 6.37. The molecule has 0 amide bonds. The van der Waals surface area contributed by atoms with Crippen molar-refractivity contribution in [2.24, 2.45) is 0 Å². The summed E-state index contributed by atoms with van der Waals surface area (Å²) >= 11 is 17.3. The molecule has 0 aliphatic carbocycles. The average molecular weight is 298 g/mol. The summed E-state index contributed by atoms with van der Waals surface area (Å²) in [5.41, 5.74) is 0.287. The van der Waals surface area contributed by atoms with E-state index in [1.807, 2.05) is 0 Å². The Morgan fingerprint density at radius 2 is 1.88 bits per heavy atom. The van der Waals surface area contributed by atoms with Gasteiger partial charge in [0.1, 0.15) is 0 Å². The molecule has 0 saturated heterocycles. The van der Waals surface area contributed by atoms with E-state index in [4.69, 9.17) is 44.3 Å². The van der Waals surface area contributed by atoms with Crippen LogP contribution in [0.1, 0.15) is 16.8 Å². The summed E-state index contributed by atoms with van der Waals surface area (Å²) < 4.78 is 9.95. The third-order valence-electron chi connectivity index (χ3n) is 1.95. The number of halogens is 3. The molecule has 1 rings (SSSR count). The van der Waals surface area contributed by atoms with Crippen LogP contribution in [0.4, 0.5) is 0 Å². The van der Waals surface area contributed by atoms with Crippen LogP contribution in [-0.2, 0) is 4.74 Å². The van der Waals surface area contributed by atoms with Gasteiger partial charge in [-0.3, -0.25) is 0 Å². The van der Waals surface area contributed by atoms with E-state index >= 15 is 0 Å². The summed E-state index contributed by atoms with van der Waals surface area (Å²) in [7, 11) is 1.45. The molecule has 0 atom stereocenters. The fourth-order valence-electron chi connectivity index (χ4n) is 1.18. The molecule has 0 fully saturated rings. The van der Waals surface area contributed by atoms with Crippen molar-refractivity contribution >= 4 is 40.8 Å². The standard InChI is InChI=1S/C11H11Cl3O3/c1-16-10-8(13)5-7(6-9(10)14)11(15)17-4-2-3-12/h5-6H,2-4H2,1H3. The van der Waals surface area contributed by atoms with Gasteiger partial charge in [-0.1, -0.05) is 23.2 Å². The Kier molecular flexibility index (Phi) is 5.89. The average Bonchev–Trinajstić information content (AvgIpc) is 2.28. The number of carbonyl (C=O) groups excluding carboxylic acids is 1. The first kappa shape index (κ1) is 14.4. The number of ether oxygens (including phenoxy) is 2. The fraction of sp³-hybridized carbons (Fsp3) is 0.364. The highest BCUT2D eigenvalue weighted by atomic mass is 35.5. The molecule has 0 aliphatic heterocycles. The SMILES string of the molecule is COc1c(Cl)cc(C(=O)OCCCCl)cc1Cl. The molecule has 0 radical (unpaired) electrons. The summed E-state index contributed by atoms with van der Waals surface area (Å²) in [5, 5.41) is 0.536. The van der Waals surface area contributed by atoms with Gasteiger partial charge in [-0.05, 0) is 18.6 Å². The van der Waals surface area contributed by atoms with Gasteiger partial charge in [0.15, 0.2) is 5.75 Å². The Balaban J connectivity index is 2.81. The van der Waals surface area contributed by atoms with E-state index < -0.39 is 5.97 Å². The molecule has 0 aromatic heterocycles. The monoisotopic (exact) mass is 296 g/mol. The van der Waals surface area contributed by atoms with Crippen LogP contribution in [0, 0.1) is 0 Å². The second kappa shape index (κ2) is 6.94. The van der Waals surface area contributed by atoms with Crippen LogP contribution >= 0.6 is 34.8 Å². The minimum Gasteiger partial charge on any atom is -0.494 e. The maximum atomic E-state index is 11.6. The molecule has 0 bridgehead atoms. The topological polar surface area (TPSA) is 35.5 Å². The molecular weight excluding hydrogens is 286 g/mol. The van der Waals surface area contributed by atoms with Crippen molar-refractivity contribution in [2.45, 2.75) is 6.42 Å². The largest absolute Gasteiger partial charge is 0.494 e. The van der Waals surface area contributed by atoms with E-state index in [2.05, 4.69) is 0 Å². The van der Waals surface area contributed by atoms with Gasteiger partial charge < -0.3 is 9.47 Å². The van der Waals surface area contributed by atoms with Crippen LogP contribution in [0.5, 0.6) is 5.75 Å². The highest BCUT2D eigenvalue weighted by Gasteiger charge is 2.14. The maximum absolute atomic E-state index is 11.6. The molecule has 94 valence electrons. The van der Waals surface area contributed by atoms with Gasteiger partial charge in [-0.2, -0.15) is 0 Å². The molecule has 0 N–H and O–H groups in total. The molecule has 3 nitrogen and oxygen atoms in total. The molecule has 6 heteroatoms. The lowest BCUT2D eigenvalue weighted by molar-refractivity contribution is 0.0506. The summed E-state index contributed by atoms with van der Waals surface area (Å²) in [6, 6.07) is 2.91. The minimum absolute atomic E-state index is 0.267. The van der Waals surface area contributed by atoms with Crippen LogP contribution in [0.25, 0.3) is 0 Å². The minimum atomic E-state index is -0.485. The predicted octanol–water partition coefficient (Wildman–Crippen LogP) is 3.79. The van der Waals surface area contributed by atoms with Crippen molar-refractivity contribution in [1.82, 2.24) is 0 Å². The number of benzene rings is 1. The number of carbonyl (C=O) groups is 1. The second-order valence-corrected chi connectivity index (χ2v) is 4.34. The van der Waals surface area contributed by atoms with Gasteiger partial charge in [0, 0.05) is 5.88 Å². The Hall–Kier alpha value is -0.640. The first-order chi connectivity index (χ1) is 8.10. The van der Waals surface area contributed by atoms with Crippen LogP contribution in [0.15, 0.2) is 12.1 Å². The first-order valence-electron chi connectivity index (χ1n) is 4.86. The lowest BCUT2D eigenvalue weighted by Gasteiger charge is -2.08. The van der Waals surface area contributed by atoms with Crippen LogP contribution in [0.3, 0.4) is 0 Å². The Morgan fingerprint density at radius 3 is 2.35 bits per heavy atom. The summed E-state index contributed by atoms with van der Waals surface area (Å²) in [4.78, 5) is 11.6. The quantitative estimate of drug-likeness (QED) is 0.471. The van der Waals surface area contributed by atoms with Crippen LogP contribution < -0.4 is 4.74 Å². The van der Waals surface area contributed by atoms with Crippen molar-refractivity contribution < 1.29 is 14.3 Å². The van der Waals surface area contributed by atoms with Gasteiger partial charge in [0.25, 0.3) is 0 Å². The van der Waals surface area contributed by atoms with E-state index in [1.54, 1.807) is 0 Å². The molecule has 0 unspecified atom stereocenters. The fourth-order valence-corrected chi connectivity index (χ4v) is 1.93. The van der Waals surface area contributed by atoms with E-state index in [9.17, 15) is 4.79 Å². The van der Waals surface area contributed by atoms with Gasteiger partial charge in [0.2, 0.25) is 0 Å². The van der Waals surface area contributed by atoms with E-state index in [-0.39, 0.29) is 22.2 Å². The first-order valence-corrected chi connectivity index (χ1v) is 6.15. The summed E-state index contributed by atoms with van der Waals surface area (Å²) in [5.74, 6) is 0.296. The Bertz CT molecular complexity index is 384. The number of rotatable bonds is 5. The Morgan fingerprint density at radius 1 is 1.29 bits per heavy atom. The summed E-state index contributed by atoms with van der Waals surface area (Å²) in [6.45, 7) is 0.267. The van der Waals surface area contributed by atoms with Gasteiger partial charge >= 0.3 is 5.97 Å². The van der Waals surface area contributed by atoms with Gasteiger partial charge in [-0.25, -0.2) is 4.79 Å². The van der Waals surface area contributed by atoms with E-state index in [1.165, 1.54) is 19.2 Å². The number of esters is 1. The predicted molar refractivity (Wildman–Crippen MR) is 68.6 cm³/mol. The van der Waals surface area contributed by atoms with Crippen molar-refractivity contribution in [3.05, 3.63) is 27.7 Å². The van der Waals surface area contributed by atoms with Crippen molar-refractivity contribution in [3.63, 3.8) is 0 Å². The summed E-state index contributed by atoms with van der Waals surface area (Å²) in [6.07, 6.45) is 0.602. The third-order valence-corrected chi connectivity index (χ3v) is 2.78. The molecule has 1 aromatic rings. The number of alkyl halides is 1. The zero-order valence-electron chi connectivity index (χ0n) is 9.13. The molecule has 0 spiro atoms. The maximum Gasteiger partial charge on any atom is 0.338 e. The van der Waals surface area contributed by atoms with E-state index in [0.717, 1.165) is 0 Å². The normalized spacial score (nSPS) is 10.1. The van der Waals surface area contributed by atoms with Crippen molar-refractivity contribution in [2.75, 3.05) is 19.6 Å². The smallest absolute Gasteiger partial charge is 0.338 e. The van der Waals surface area contributed by atoms with Crippen molar-refractivity contribution in [3.8, 4) is 5.75 Å². The third kappa shape index (κ3) is 3.95. The lowest BCUT2D eigenvalue weighted by Crippen LogP contribution is -2.07. The molecule has 0 aliphatic rings. The lowest BCUT2D eigenvalue weighted by atomic mass is 10.2. The number of methoxy groups -OCH3 is 1. The van der Waals surface area contributed by atoms with E-state index in [0.29, 0.717) is 18.1 Å². The van der Waals surface area contributed by atoms with Crippen LogP contribution in [-0.4, -0.2) is 25.6 Å². The van der Waals surface area contributed by atoms with Crippen LogP contribution in [0.2, 0.25) is 10.0 Å². The molecule has 17 heavy (non-hydrogen) atoms. The highest BCUT2D eigenvalue weighted by Crippen LogP contribution is 2.33. The van der Waals surface area contributed by atoms with Crippen molar-refractivity contribution in [1.29, 1.82) is 0 Å². The molecule has 0 saturated carbocycles. The molecule has 1 aromatic carbocycles. The number of hydrogen-bond acceptors (Lipinski definition) is 3. The zero-order valence-corrected chi connectivity index (χ0v) is 11.4. The molecular formula is C11H11Cl3O3. The Labute approximate surface area is 115 Å². The number of hydrogen-bond donors (Lipinski definition) is 0. The second-order valence-electron chi connectivity index (χ2n) is 3.15. The zero-order chi connectivity index (χ0) is 12.8. The van der Waals surface area contributed by atoms with Gasteiger partial charge in [-0.15, -0.1) is 11.6 Å². The molecule has 0 heterocycles.